The Morgan fingerprint density at radius 1 is 1.10 bits per heavy atom. The van der Waals surface area contributed by atoms with Crippen molar-refractivity contribution >= 4 is 11.8 Å². The molecule has 1 aliphatic carbocycles. The summed E-state index contributed by atoms with van der Waals surface area (Å²) in [6.07, 6.45) is 5.24. The number of likely N-dealkylation sites (tertiary alicyclic amines) is 1. The third kappa shape index (κ3) is 4.43. The summed E-state index contributed by atoms with van der Waals surface area (Å²) in [6, 6.07) is 0.304. The van der Waals surface area contributed by atoms with Gasteiger partial charge in [-0.05, 0) is 39.5 Å². The molecule has 2 rings (SSSR count). The summed E-state index contributed by atoms with van der Waals surface area (Å²) >= 11 is 0. The van der Waals surface area contributed by atoms with Crippen molar-refractivity contribution in [3.8, 4) is 0 Å². The zero-order valence-electron chi connectivity index (χ0n) is 13.4. The van der Waals surface area contributed by atoms with Crippen LogP contribution in [-0.4, -0.2) is 60.4 Å². The molecule has 1 aliphatic heterocycles. The van der Waals surface area contributed by atoms with Crippen LogP contribution in [0.5, 0.6) is 0 Å². The predicted octanol–water partition coefficient (Wildman–Crippen LogP) is 1.24. The molecular formula is C16H29N3O2. The molecule has 5 nitrogen and oxygen atoms in total. The molecule has 21 heavy (non-hydrogen) atoms. The van der Waals surface area contributed by atoms with Gasteiger partial charge in [0.2, 0.25) is 11.8 Å². The van der Waals surface area contributed by atoms with Crippen molar-refractivity contribution in [3.05, 3.63) is 0 Å². The van der Waals surface area contributed by atoms with Crippen LogP contribution in [-0.2, 0) is 9.59 Å². The number of rotatable bonds is 6. The molecule has 1 saturated heterocycles. The number of carbonyl (C=O) groups is 2. The molecule has 1 saturated carbocycles. The molecule has 0 bridgehead atoms. The lowest BCUT2D eigenvalue weighted by molar-refractivity contribution is -0.133. The second-order valence-corrected chi connectivity index (χ2v) is 6.25. The number of likely N-dealkylation sites (N-methyl/N-ethyl adjacent to an activating group) is 1. The van der Waals surface area contributed by atoms with Gasteiger partial charge in [0.25, 0.3) is 0 Å². The Balaban J connectivity index is 1.68. The van der Waals surface area contributed by atoms with E-state index in [1.165, 1.54) is 6.42 Å². The highest BCUT2D eigenvalue weighted by Crippen LogP contribution is 2.26. The van der Waals surface area contributed by atoms with E-state index in [4.69, 9.17) is 0 Å². The Hall–Kier alpha value is -1.10. The second-order valence-electron chi connectivity index (χ2n) is 6.25. The predicted molar refractivity (Wildman–Crippen MR) is 82.9 cm³/mol. The van der Waals surface area contributed by atoms with Crippen LogP contribution in [0, 0.1) is 5.92 Å². The number of piperidine rings is 1. The van der Waals surface area contributed by atoms with Crippen molar-refractivity contribution in [1.29, 1.82) is 0 Å². The number of carbonyl (C=O) groups excluding carboxylic acids is 2. The van der Waals surface area contributed by atoms with Gasteiger partial charge >= 0.3 is 0 Å². The summed E-state index contributed by atoms with van der Waals surface area (Å²) in [5, 5.41) is 3.18. The van der Waals surface area contributed by atoms with Crippen molar-refractivity contribution in [2.45, 2.75) is 52.0 Å². The third-order valence-corrected chi connectivity index (χ3v) is 4.88. The van der Waals surface area contributed by atoms with Gasteiger partial charge in [-0.3, -0.25) is 14.5 Å². The van der Waals surface area contributed by atoms with Crippen LogP contribution in [0.15, 0.2) is 0 Å². The van der Waals surface area contributed by atoms with E-state index in [0.717, 1.165) is 51.9 Å². The number of hydrogen-bond acceptors (Lipinski definition) is 3. The lowest BCUT2D eigenvalue weighted by atomic mass is 9.84. The van der Waals surface area contributed by atoms with Crippen LogP contribution in [0.25, 0.3) is 0 Å². The maximum absolute atomic E-state index is 12.1. The Kier molecular flexibility index (Phi) is 6.03. The van der Waals surface area contributed by atoms with E-state index in [1.54, 1.807) is 0 Å². The van der Waals surface area contributed by atoms with Gasteiger partial charge in [-0.15, -0.1) is 0 Å². The first kappa shape index (κ1) is 16.3. The molecule has 0 aromatic rings. The fourth-order valence-corrected chi connectivity index (χ4v) is 3.09. The van der Waals surface area contributed by atoms with Crippen LogP contribution < -0.4 is 5.32 Å². The molecule has 0 aromatic carbocycles. The molecule has 2 amide bonds. The second kappa shape index (κ2) is 7.78. The van der Waals surface area contributed by atoms with Crippen molar-refractivity contribution in [3.63, 3.8) is 0 Å². The lowest BCUT2D eigenvalue weighted by Crippen LogP contribution is -2.49. The van der Waals surface area contributed by atoms with E-state index in [-0.39, 0.29) is 17.7 Å². The molecule has 1 heterocycles. The standard InChI is InChI=1S/C16H29N3O2/c1-3-19(4-2)15(20)12-18-10-8-14(9-11-18)17-16(21)13-6-5-7-13/h13-14H,3-12H2,1-2H3,(H,17,21). The maximum Gasteiger partial charge on any atom is 0.236 e. The highest BCUT2D eigenvalue weighted by atomic mass is 16.2. The maximum atomic E-state index is 12.1. The summed E-state index contributed by atoms with van der Waals surface area (Å²) in [6.45, 7) is 7.93. The SMILES string of the molecule is CCN(CC)C(=O)CN1CCC(NC(=O)C2CCC2)CC1. The average Bonchev–Trinajstić information content (AvgIpc) is 2.40. The van der Waals surface area contributed by atoms with E-state index in [1.807, 2.05) is 18.7 Å². The van der Waals surface area contributed by atoms with Gasteiger partial charge in [0, 0.05) is 38.1 Å². The number of nitrogens with zero attached hydrogens (tertiary/aromatic N) is 2. The van der Waals surface area contributed by atoms with Crippen molar-refractivity contribution < 1.29 is 9.59 Å². The minimum absolute atomic E-state index is 0.219. The largest absolute Gasteiger partial charge is 0.353 e. The van der Waals surface area contributed by atoms with Crippen molar-refractivity contribution in [2.75, 3.05) is 32.7 Å². The van der Waals surface area contributed by atoms with Gasteiger partial charge in [0.1, 0.15) is 0 Å². The fraction of sp³-hybridized carbons (Fsp3) is 0.875. The van der Waals surface area contributed by atoms with Gasteiger partial charge in [-0.25, -0.2) is 0 Å². The minimum atomic E-state index is 0.219. The van der Waals surface area contributed by atoms with E-state index in [0.29, 0.717) is 12.6 Å². The lowest BCUT2D eigenvalue weighted by Gasteiger charge is -2.34. The number of nitrogens with one attached hydrogen (secondary N) is 1. The van der Waals surface area contributed by atoms with E-state index < -0.39 is 0 Å². The molecule has 0 atom stereocenters. The fourth-order valence-electron chi connectivity index (χ4n) is 3.09. The van der Waals surface area contributed by atoms with Gasteiger partial charge in [-0.1, -0.05) is 6.42 Å². The van der Waals surface area contributed by atoms with E-state index in [9.17, 15) is 9.59 Å². The molecule has 120 valence electrons. The topological polar surface area (TPSA) is 52.7 Å². The first-order valence-corrected chi connectivity index (χ1v) is 8.44. The first-order chi connectivity index (χ1) is 10.1. The highest BCUT2D eigenvalue weighted by Gasteiger charge is 2.28. The monoisotopic (exact) mass is 295 g/mol. The smallest absolute Gasteiger partial charge is 0.236 e. The molecule has 2 aliphatic rings. The Morgan fingerprint density at radius 3 is 2.19 bits per heavy atom. The van der Waals surface area contributed by atoms with Gasteiger partial charge < -0.3 is 10.2 Å². The molecule has 0 spiro atoms. The van der Waals surface area contributed by atoms with Crippen LogP contribution >= 0.6 is 0 Å². The first-order valence-electron chi connectivity index (χ1n) is 8.44. The quantitative estimate of drug-likeness (QED) is 0.802. The van der Waals surface area contributed by atoms with E-state index in [2.05, 4.69) is 10.2 Å². The van der Waals surface area contributed by atoms with Crippen LogP contribution in [0.4, 0.5) is 0 Å². The Labute approximate surface area is 128 Å². The van der Waals surface area contributed by atoms with Crippen LogP contribution in [0.1, 0.15) is 46.0 Å². The molecule has 0 radical (unpaired) electrons. The van der Waals surface area contributed by atoms with Gasteiger partial charge in [-0.2, -0.15) is 0 Å². The molecule has 5 heteroatoms. The normalized spacial score (nSPS) is 20.9. The summed E-state index contributed by atoms with van der Waals surface area (Å²) < 4.78 is 0. The molecule has 2 fully saturated rings. The number of hydrogen-bond donors (Lipinski definition) is 1. The van der Waals surface area contributed by atoms with Gasteiger partial charge in [0.05, 0.1) is 6.54 Å². The molecule has 0 aromatic heterocycles. The third-order valence-electron chi connectivity index (χ3n) is 4.88. The van der Waals surface area contributed by atoms with Crippen molar-refractivity contribution in [2.24, 2.45) is 5.92 Å². The average molecular weight is 295 g/mol. The van der Waals surface area contributed by atoms with Crippen LogP contribution in [0.2, 0.25) is 0 Å². The Morgan fingerprint density at radius 2 is 1.71 bits per heavy atom. The summed E-state index contributed by atoms with van der Waals surface area (Å²) in [7, 11) is 0. The summed E-state index contributed by atoms with van der Waals surface area (Å²) in [5.41, 5.74) is 0. The zero-order chi connectivity index (χ0) is 15.2. The minimum Gasteiger partial charge on any atom is -0.353 e. The van der Waals surface area contributed by atoms with Crippen molar-refractivity contribution in [1.82, 2.24) is 15.1 Å². The molecule has 1 N–H and O–H groups in total. The Bertz CT molecular complexity index is 357. The molecule has 0 unspecified atom stereocenters. The summed E-state index contributed by atoms with van der Waals surface area (Å²) in [5.74, 6) is 0.739. The van der Waals surface area contributed by atoms with E-state index >= 15 is 0 Å². The van der Waals surface area contributed by atoms with Crippen LogP contribution in [0.3, 0.4) is 0 Å². The number of amides is 2. The van der Waals surface area contributed by atoms with Gasteiger partial charge in [0.15, 0.2) is 0 Å². The summed E-state index contributed by atoms with van der Waals surface area (Å²) in [4.78, 5) is 28.1. The highest BCUT2D eigenvalue weighted by molar-refractivity contribution is 5.79. The zero-order valence-corrected chi connectivity index (χ0v) is 13.4. The molecular weight excluding hydrogens is 266 g/mol.